The molecule has 1 N–H and O–H groups in total. The van der Waals surface area contributed by atoms with E-state index in [4.69, 9.17) is 4.74 Å². The zero-order valence-electron chi connectivity index (χ0n) is 16.0. The Morgan fingerprint density at radius 2 is 1.90 bits per heavy atom. The molecule has 2 amide bonds. The second kappa shape index (κ2) is 7.93. The van der Waals surface area contributed by atoms with Crippen LogP contribution in [0.1, 0.15) is 22.3 Å². The molecule has 2 aliphatic heterocycles. The topological polar surface area (TPSA) is 84.9 Å². The van der Waals surface area contributed by atoms with Gasteiger partial charge in [0.1, 0.15) is 11.8 Å². The van der Waals surface area contributed by atoms with Gasteiger partial charge < -0.3 is 19.7 Å². The van der Waals surface area contributed by atoms with Gasteiger partial charge in [0.25, 0.3) is 5.91 Å². The highest BCUT2D eigenvalue weighted by molar-refractivity contribution is 6.02. The first-order chi connectivity index (χ1) is 14.7. The van der Waals surface area contributed by atoms with Crippen LogP contribution in [0.5, 0.6) is 5.75 Å². The molecule has 2 aromatic rings. The summed E-state index contributed by atoms with van der Waals surface area (Å²) in [6.07, 6.45) is -5.46. The van der Waals surface area contributed by atoms with Gasteiger partial charge in [0.05, 0.1) is 5.56 Å². The minimum absolute atomic E-state index is 0.190. The predicted molar refractivity (Wildman–Crippen MR) is 101 cm³/mol. The van der Waals surface area contributed by atoms with Crippen LogP contribution in [-0.4, -0.2) is 42.8 Å². The van der Waals surface area contributed by atoms with Gasteiger partial charge in [0, 0.05) is 24.7 Å². The molecule has 0 unspecified atom stereocenters. The van der Waals surface area contributed by atoms with E-state index in [2.05, 4.69) is 10.1 Å². The number of nitrogens with one attached hydrogen (secondary N) is 1. The van der Waals surface area contributed by atoms with E-state index in [0.29, 0.717) is 11.1 Å². The number of cyclic esters (lactones) is 1. The number of amides is 2. The van der Waals surface area contributed by atoms with Crippen LogP contribution in [0.25, 0.3) is 0 Å². The first-order valence-electron chi connectivity index (χ1n) is 9.48. The Bertz CT molecular complexity index is 1040. The molecule has 162 valence electrons. The number of carbonyl (C=O) groups is 3. The van der Waals surface area contributed by atoms with Gasteiger partial charge in [-0.3, -0.25) is 9.59 Å². The van der Waals surface area contributed by atoms with Gasteiger partial charge in [0.2, 0.25) is 5.91 Å². The molecule has 0 radical (unpaired) electrons. The van der Waals surface area contributed by atoms with Gasteiger partial charge in [-0.1, -0.05) is 24.3 Å². The van der Waals surface area contributed by atoms with E-state index in [-0.39, 0.29) is 25.1 Å². The number of rotatable bonds is 4. The van der Waals surface area contributed by atoms with Crippen LogP contribution >= 0.6 is 0 Å². The fraction of sp³-hybridized carbons (Fsp3) is 0.286. The Balaban J connectivity index is 1.42. The van der Waals surface area contributed by atoms with Crippen molar-refractivity contribution in [1.29, 1.82) is 0 Å². The molecular weight excluding hydrogens is 417 g/mol. The molecule has 2 aliphatic rings. The number of halogens is 3. The van der Waals surface area contributed by atoms with E-state index in [9.17, 15) is 27.6 Å². The van der Waals surface area contributed by atoms with Crippen molar-refractivity contribution >= 4 is 23.5 Å². The van der Waals surface area contributed by atoms with Crippen molar-refractivity contribution in [2.45, 2.75) is 31.3 Å². The number of anilines is 1. The lowest BCUT2D eigenvalue weighted by molar-refractivity contribution is -0.274. The molecule has 2 aromatic carbocycles. The molecule has 10 heteroatoms. The first-order valence-corrected chi connectivity index (χ1v) is 9.48. The Labute approximate surface area is 174 Å². The number of alkyl halides is 3. The van der Waals surface area contributed by atoms with Gasteiger partial charge in [0.15, 0.2) is 6.10 Å². The average molecular weight is 434 g/mol. The number of fused-ring (bicyclic) bond motifs is 1. The largest absolute Gasteiger partial charge is 0.573 e. The third kappa shape index (κ3) is 4.47. The highest BCUT2D eigenvalue weighted by Gasteiger charge is 2.38. The number of nitrogens with zero attached hydrogens (tertiary/aromatic N) is 1. The lowest BCUT2D eigenvalue weighted by Crippen LogP contribution is -2.48. The molecule has 0 bridgehead atoms. The fourth-order valence-corrected chi connectivity index (χ4v) is 3.66. The number of benzene rings is 2. The van der Waals surface area contributed by atoms with Gasteiger partial charge in [-0.15, -0.1) is 13.2 Å². The second-order valence-corrected chi connectivity index (χ2v) is 7.14. The van der Waals surface area contributed by atoms with Gasteiger partial charge >= 0.3 is 12.3 Å². The highest BCUT2D eigenvalue weighted by Crippen LogP contribution is 2.29. The van der Waals surface area contributed by atoms with Crippen LogP contribution in [0, 0.1) is 0 Å². The summed E-state index contributed by atoms with van der Waals surface area (Å²) in [5, 5.41) is 2.58. The third-order valence-electron chi connectivity index (χ3n) is 5.07. The van der Waals surface area contributed by atoms with Gasteiger partial charge in [-0.25, -0.2) is 4.79 Å². The molecule has 0 aromatic heterocycles. The summed E-state index contributed by atoms with van der Waals surface area (Å²) in [6, 6.07) is 11.0. The fourth-order valence-electron chi connectivity index (χ4n) is 3.66. The summed E-state index contributed by atoms with van der Waals surface area (Å²) in [5.74, 6) is -2.13. The second-order valence-electron chi connectivity index (χ2n) is 7.14. The maximum atomic E-state index is 12.7. The summed E-state index contributed by atoms with van der Waals surface area (Å²) in [7, 11) is 0. The molecular formula is C21H17F3N2O5. The minimum Gasteiger partial charge on any atom is -0.448 e. The summed E-state index contributed by atoms with van der Waals surface area (Å²) in [5.41, 5.74) is 1.30. The quantitative estimate of drug-likeness (QED) is 0.748. The van der Waals surface area contributed by atoms with Crippen LogP contribution < -0.4 is 15.0 Å². The van der Waals surface area contributed by atoms with Crippen LogP contribution in [-0.2, 0) is 20.7 Å². The first kappa shape index (κ1) is 20.7. The van der Waals surface area contributed by atoms with E-state index < -0.39 is 42.0 Å². The summed E-state index contributed by atoms with van der Waals surface area (Å²) in [6.45, 7) is 0.201. The molecule has 2 heterocycles. The normalized spacial score (nSPS) is 20.8. The monoisotopic (exact) mass is 434 g/mol. The standard InChI is InChI=1S/C21H17F3N2O5/c22-21(23,24)31-14-6-3-5-13(11-14)26-9-8-16(19(26)28)25-18(27)17-10-12-4-1-2-7-15(12)20(29)30-17/h1-7,11,16-17H,8-10H2,(H,25,27)/t16-,17-/m0/s1. The maximum Gasteiger partial charge on any atom is 0.573 e. The third-order valence-corrected chi connectivity index (χ3v) is 5.07. The maximum absolute atomic E-state index is 12.7. The predicted octanol–water partition coefficient (Wildman–Crippen LogP) is 2.59. The number of ether oxygens (including phenoxy) is 2. The van der Waals surface area contributed by atoms with E-state index >= 15 is 0 Å². The van der Waals surface area contributed by atoms with E-state index in [1.807, 2.05) is 0 Å². The van der Waals surface area contributed by atoms with Crippen LogP contribution in [0.2, 0.25) is 0 Å². The summed E-state index contributed by atoms with van der Waals surface area (Å²) < 4.78 is 46.4. The lowest BCUT2D eigenvalue weighted by Gasteiger charge is -2.25. The van der Waals surface area contributed by atoms with Gasteiger partial charge in [-0.05, 0) is 30.2 Å². The van der Waals surface area contributed by atoms with Crippen molar-refractivity contribution in [2.24, 2.45) is 0 Å². The minimum atomic E-state index is -4.85. The van der Waals surface area contributed by atoms with Crippen molar-refractivity contribution in [3.05, 3.63) is 59.7 Å². The number of hydrogen-bond acceptors (Lipinski definition) is 5. The zero-order chi connectivity index (χ0) is 22.2. The molecule has 4 rings (SSSR count). The molecule has 1 saturated heterocycles. The molecule has 31 heavy (non-hydrogen) atoms. The van der Waals surface area contributed by atoms with Crippen LogP contribution in [0.4, 0.5) is 18.9 Å². The van der Waals surface area contributed by atoms with Crippen LogP contribution in [0.15, 0.2) is 48.5 Å². The van der Waals surface area contributed by atoms with E-state index in [0.717, 1.165) is 12.1 Å². The number of carbonyl (C=O) groups excluding carboxylic acids is 3. The van der Waals surface area contributed by atoms with E-state index in [1.54, 1.807) is 24.3 Å². The Morgan fingerprint density at radius 1 is 1.13 bits per heavy atom. The zero-order valence-corrected chi connectivity index (χ0v) is 16.0. The van der Waals surface area contributed by atoms with Crippen molar-refractivity contribution < 1.29 is 37.0 Å². The highest BCUT2D eigenvalue weighted by atomic mass is 19.4. The van der Waals surface area contributed by atoms with Crippen molar-refractivity contribution in [2.75, 3.05) is 11.4 Å². The average Bonchev–Trinajstić information content (AvgIpc) is 3.07. The summed E-state index contributed by atoms with van der Waals surface area (Å²) in [4.78, 5) is 38.7. The Kier molecular flexibility index (Phi) is 5.30. The van der Waals surface area contributed by atoms with E-state index in [1.165, 1.54) is 17.0 Å². The molecule has 0 aliphatic carbocycles. The number of hydrogen-bond donors (Lipinski definition) is 1. The Hall–Kier alpha value is -3.56. The molecule has 0 saturated carbocycles. The molecule has 7 nitrogen and oxygen atoms in total. The molecule has 1 fully saturated rings. The SMILES string of the molecule is O=C1O[C@H](C(=O)N[C@H]2CCN(c3cccc(OC(F)(F)F)c3)C2=O)Cc2ccccc21. The van der Waals surface area contributed by atoms with Crippen molar-refractivity contribution in [3.8, 4) is 5.75 Å². The van der Waals surface area contributed by atoms with Crippen LogP contribution in [0.3, 0.4) is 0 Å². The van der Waals surface area contributed by atoms with Crippen molar-refractivity contribution in [3.63, 3.8) is 0 Å². The summed E-state index contributed by atoms with van der Waals surface area (Å²) >= 11 is 0. The van der Waals surface area contributed by atoms with Gasteiger partial charge in [-0.2, -0.15) is 0 Å². The molecule has 0 spiro atoms. The Morgan fingerprint density at radius 3 is 2.68 bits per heavy atom. The molecule has 2 atom stereocenters. The smallest absolute Gasteiger partial charge is 0.448 e. The van der Waals surface area contributed by atoms with Crippen molar-refractivity contribution in [1.82, 2.24) is 5.32 Å². The lowest BCUT2D eigenvalue weighted by atomic mass is 9.98. The number of esters is 1.